The number of pyridine rings is 1. The summed E-state index contributed by atoms with van der Waals surface area (Å²) in [6.45, 7) is -0.403. The number of esters is 1. The van der Waals surface area contributed by atoms with Crippen molar-refractivity contribution in [1.29, 1.82) is 0 Å². The molecular weight excluding hydrogens is 438 g/mol. The number of rotatable bonds is 7. The molecule has 0 aliphatic heterocycles. The Morgan fingerprint density at radius 2 is 1.82 bits per heavy atom. The van der Waals surface area contributed by atoms with Crippen LogP contribution in [0.1, 0.15) is 10.4 Å². The molecule has 1 heterocycles. The van der Waals surface area contributed by atoms with Crippen molar-refractivity contribution in [3.8, 4) is 17.0 Å². The van der Waals surface area contributed by atoms with Gasteiger partial charge in [-0.1, -0.05) is 42.5 Å². The van der Waals surface area contributed by atoms with E-state index in [0.717, 1.165) is 22.4 Å². The number of methoxy groups -OCH3 is 1. The van der Waals surface area contributed by atoms with Crippen LogP contribution in [0.3, 0.4) is 0 Å². The topological polar surface area (TPSA) is 121 Å². The van der Waals surface area contributed by atoms with E-state index in [1.54, 1.807) is 18.3 Å². The summed E-state index contributed by atoms with van der Waals surface area (Å²) in [5.41, 5.74) is 0.919. The third kappa shape index (κ3) is 4.68. The van der Waals surface area contributed by atoms with Crippen molar-refractivity contribution in [3.63, 3.8) is 0 Å². The summed E-state index contributed by atoms with van der Waals surface area (Å²) in [7, 11) is 1.17. The molecule has 0 saturated heterocycles. The van der Waals surface area contributed by atoms with Crippen molar-refractivity contribution in [2.75, 3.05) is 19.0 Å². The first-order valence-corrected chi connectivity index (χ1v) is 10.2. The smallest absolute Gasteiger partial charge is 0.338 e. The molecule has 0 atom stereocenters. The third-order valence-electron chi connectivity index (χ3n) is 5.06. The van der Waals surface area contributed by atoms with Gasteiger partial charge in [-0.15, -0.1) is 0 Å². The minimum atomic E-state index is -0.721. The molecule has 1 N–H and O–H groups in total. The van der Waals surface area contributed by atoms with E-state index in [4.69, 9.17) is 4.74 Å². The maximum Gasteiger partial charge on any atom is 0.338 e. The number of nitro groups is 1. The number of ether oxygens (including phenoxy) is 2. The first-order valence-electron chi connectivity index (χ1n) is 10.2. The second kappa shape index (κ2) is 9.78. The molecule has 0 aliphatic rings. The highest BCUT2D eigenvalue weighted by molar-refractivity contribution is 5.98. The number of nitrogens with one attached hydrogen (secondary N) is 1. The Bertz CT molecular complexity index is 1400. The van der Waals surface area contributed by atoms with Crippen LogP contribution in [0.25, 0.3) is 22.0 Å². The fraction of sp³-hybridized carbons (Fsp3) is 0.0800. The van der Waals surface area contributed by atoms with Crippen LogP contribution in [0.5, 0.6) is 5.75 Å². The molecular formula is C25H19N3O6. The first kappa shape index (κ1) is 22.4. The van der Waals surface area contributed by atoms with Gasteiger partial charge in [0.25, 0.3) is 11.6 Å². The van der Waals surface area contributed by atoms with Gasteiger partial charge < -0.3 is 14.8 Å². The SMILES string of the molecule is COC(=O)c1ccc(NC(=O)COc2cccnc2-c2cccc3ccccc23)c([N+](=O)[O-])c1. The molecule has 0 saturated carbocycles. The zero-order valence-corrected chi connectivity index (χ0v) is 18.1. The molecule has 1 amide bonds. The minimum absolute atomic E-state index is 0.00135. The van der Waals surface area contributed by atoms with Crippen molar-refractivity contribution in [3.05, 3.63) is 94.7 Å². The van der Waals surface area contributed by atoms with Crippen LogP contribution in [0.2, 0.25) is 0 Å². The molecule has 0 bridgehead atoms. The van der Waals surface area contributed by atoms with E-state index in [1.807, 2.05) is 42.5 Å². The third-order valence-corrected chi connectivity index (χ3v) is 5.06. The summed E-state index contributed by atoms with van der Waals surface area (Å²) in [6, 6.07) is 20.7. The fourth-order valence-corrected chi connectivity index (χ4v) is 3.50. The monoisotopic (exact) mass is 457 g/mol. The molecule has 0 spiro atoms. The molecule has 0 radical (unpaired) electrons. The molecule has 4 aromatic rings. The minimum Gasteiger partial charge on any atom is -0.481 e. The molecule has 1 aromatic heterocycles. The van der Waals surface area contributed by atoms with Gasteiger partial charge in [0.05, 0.1) is 17.6 Å². The largest absolute Gasteiger partial charge is 0.481 e. The van der Waals surface area contributed by atoms with Crippen molar-refractivity contribution >= 4 is 34.0 Å². The Balaban J connectivity index is 1.54. The number of aromatic nitrogens is 1. The summed E-state index contributed by atoms with van der Waals surface area (Å²) in [6.07, 6.45) is 1.64. The van der Waals surface area contributed by atoms with Gasteiger partial charge in [0.1, 0.15) is 17.1 Å². The maximum absolute atomic E-state index is 12.5. The average Bonchev–Trinajstić information content (AvgIpc) is 2.87. The van der Waals surface area contributed by atoms with Crippen molar-refractivity contribution in [2.24, 2.45) is 0 Å². The van der Waals surface area contributed by atoms with Crippen molar-refractivity contribution in [2.45, 2.75) is 0 Å². The highest BCUT2D eigenvalue weighted by atomic mass is 16.6. The second-order valence-electron chi connectivity index (χ2n) is 7.19. The number of anilines is 1. The molecule has 0 unspecified atom stereocenters. The van der Waals surface area contributed by atoms with Crippen LogP contribution >= 0.6 is 0 Å². The zero-order valence-electron chi connectivity index (χ0n) is 18.1. The molecule has 3 aromatic carbocycles. The van der Waals surface area contributed by atoms with E-state index in [-0.39, 0.29) is 11.3 Å². The number of nitrogens with zero attached hydrogens (tertiary/aromatic N) is 2. The molecule has 0 aliphatic carbocycles. The number of hydrogen-bond acceptors (Lipinski definition) is 7. The predicted molar refractivity (Wildman–Crippen MR) is 126 cm³/mol. The number of benzene rings is 3. The van der Waals surface area contributed by atoms with Crippen LogP contribution in [0.4, 0.5) is 11.4 Å². The standard InChI is InChI=1S/C25H19N3O6/c1-33-25(30)17-11-12-20(21(14-17)28(31)32)27-23(29)15-34-22-10-5-13-26-24(22)19-9-4-7-16-6-2-3-8-18(16)19/h2-14H,15H2,1H3,(H,27,29). The van der Waals surface area contributed by atoms with Gasteiger partial charge in [-0.25, -0.2) is 4.79 Å². The predicted octanol–water partition coefficient (Wildman–Crippen LogP) is 4.61. The highest BCUT2D eigenvalue weighted by Crippen LogP contribution is 2.33. The Morgan fingerprint density at radius 3 is 2.62 bits per heavy atom. The van der Waals surface area contributed by atoms with Gasteiger partial charge in [-0.2, -0.15) is 0 Å². The summed E-state index contributed by atoms with van der Waals surface area (Å²) in [4.78, 5) is 39.3. The summed E-state index contributed by atoms with van der Waals surface area (Å²) >= 11 is 0. The quantitative estimate of drug-likeness (QED) is 0.244. The molecule has 34 heavy (non-hydrogen) atoms. The van der Waals surface area contributed by atoms with Crippen LogP contribution < -0.4 is 10.1 Å². The zero-order chi connectivity index (χ0) is 24.1. The van der Waals surface area contributed by atoms with Crippen LogP contribution in [-0.2, 0) is 9.53 Å². The van der Waals surface area contributed by atoms with Gasteiger partial charge in [-0.05, 0) is 35.0 Å². The Morgan fingerprint density at radius 1 is 1.03 bits per heavy atom. The number of fused-ring (bicyclic) bond motifs is 1. The van der Waals surface area contributed by atoms with E-state index >= 15 is 0 Å². The van der Waals surface area contributed by atoms with E-state index < -0.39 is 29.1 Å². The Kier molecular flexibility index (Phi) is 6.45. The molecule has 9 nitrogen and oxygen atoms in total. The Hall–Kier alpha value is -4.79. The van der Waals surface area contributed by atoms with Crippen LogP contribution in [-0.4, -0.2) is 35.5 Å². The second-order valence-corrected chi connectivity index (χ2v) is 7.19. The number of carbonyl (C=O) groups is 2. The van der Waals surface area contributed by atoms with Crippen LogP contribution in [0.15, 0.2) is 79.0 Å². The lowest BCUT2D eigenvalue weighted by atomic mass is 10.0. The highest BCUT2D eigenvalue weighted by Gasteiger charge is 2.20. The molecule has 170 valence electrons. The molecule has 4 rings (SSSR count). The Labute approximate surface area is 194 Å². The van der Waals surface area contributed by atoms with E-state index in [9.17, 15) is 19.7 Å². The van der Waals surface area contributed by atoms with Gasteiger partial charge >= 0.3 is 5.97 Å². The fourth-order valence-electron chi connectivity index (χ4n) is 3.50. The normalized spacial score (nSPS) is 10.5. The maximum atomic E-state index is 12.5. The summed E-state index contributed by atoms with van der Waals surface area (Å²) in [5, 5.41) is 15.9. The summed E-state index contributed by atoms with van der Waals surface area (Å²) < 4.78 is 10.3. The van der Waals surface area contributed by atoms with E-state index in [1.165, 1.54) is 19.2 Å². The lowest BCUT2D eigenvalue weighted by molar-refractivity contribution is -0.384. The van der Waals surface area contributed by atoms with Crippen molar-refractivity contribution in [1.82, 2.24) is 4.98 Å². The van der Waals surface area contributed by atoms with E-state index in [0.29, 0.717) is 11.4 Å². The van der Waals surface area contributed by atoms with E-state index in [2.05, 4.69) is 15.0 Å². The molecule has 0 fully saturated rings. The first-order chi connectivity index (χ1) is 16.5. The van der Waals surface area contributed by atoms with Gasteiger partial charge in [0.15, 0.2) is 6.61 Å². The lowest BCUT2D eigenvalue weighted by Crippen LogP contribution is -2.21. The summed E-state index contributed by atoms with van der Waals surface area (Å²) in [5.74, 6) is -0.937. The van der Waals surface area contributed by atoms with Crippen LogP contribution in [0, 0.1) is 10.1 Å². The van der Waals surface area contributed by atoms with Gasteiger partial charge in [0, 0.05) is 17.8 Å². The average molecular weight is 457 g/mol. The van der Waals surface area contributed by atoms with Gasteiger partial charge in [0.2, 0.25) is 0 Å². The van der Waals surface area contributed by atoms with Crippen molar-refractivity contribution < 1.29 is 24.0 Å². The number of carbonyl (C=O) groups excluding carboxylic acids is 2. The molecule has 9 heteroatoms. The lowest BCUT2D eigenvalue weighted by Gasteiger charge is -2.13. The number of amides is 1. The number of hydrogen-bond donors (Lipinski definition) is 1. The van der Waals surface area contributed by atoms with Gasteiger partial charge in [-0.3, -0.25) is 19.9 Å². The number of nitro benzene ring substituents is 1.